The number of nitrogens with zero attached hydrogens (tertiary/aromatic N) is 3. The second-order valence-electron chi connectivity index (χ2n) is 4.71. The zero-order valence-electron chi connectivity index (χ0n) is 12.2. The summed E-state index contributed by atoms with van der Waals surface area (Å²) in [6, 6.07) is 9.04. The lowest BCUT2D eigenvalue weighted by Gasteiger charge is -2.09. The van der Waals surface area contributed by atoms with Gasteiger partial charge in [-0.15, -0.1) is 13.2 Å². The van der Waals surface area contributed by atoms with E-state index in [2.05, 4.69) is 26.7 Å². The SMILES string of the molecule is FC(F)(F)Oc1ccc(-n2cc(C#Cc3cccnc3)cn2)cc1. The minimum absolute atomic E-state index is 0.282. The van der Waals surface area contributed by atoms with Crippen LogP contribution < -0.4 is 4.74 Å². The maximum atomic E-state index is 12.1. The highest BCUT2D eigenvalue weighted by molar-refractivity contribution is 5.42. The molecule has 0 radical (unpaired) electrons. The van der Waals surface area contributed by atoms with Gasteiger partial charge in [-0.05, 0) is 36.4 Å². The minimum atomic E-state index is -4.71. The molecule has 0 atom stereocenters. The van der Waals surface area contributed by atoms with Gasteiger partial charge in [-0.1, -0.05) is 11.8 Å². The molecule has 7 heteroatoms. The molecular weight excluding hydrogens is 319 g/mol. The van der Waals surface area contributed by atoms with Crippen LogP contribution in [0.4, 0.5) is 13.2 Å². The molecule has 0 saturated heterocycles. The molecule has 0 spiro atoms. The molecule has 4 nitrogen and oxygen atoms in total. The Kier molecular flexibility index (Phi) is 4.20. The Balaban J connectivity index is 1.75. The third-order valence-corrected chi connectivity index (χ3v) is 2.93. The van der Waals surface area contributed by atoms with Crippen LogP contribution in [0.3, 0.4) is 0 Å². The standard InChI is InChI=1S/C17H10F3N3O/c18-17(19,20)24-16-7-5-15(6-8-16)23-12-14(11-22-23)4-3-13-2-1-9-21-10-13/h1-2,5-12H. The van der Waals surface area contributed by atoms with Crippen molar-refractivity contribution in [2.45, 2.75) is 6.36 Å². The summed E-state index contributed by atoms with van der Waals surface area (Å²) < 4.78 is 41.7. The molecule has 0 bridgehead atoms. The summed E-state index contributed by atoms with van der Waals surface area (Å²) in [6.07, 6.45) is 1.86. The molecular formula is C17H10F3N3O. The van der Waals surface area contributed by atoms with Crippen LogP contribution in [0, 0.1) is 11.8 Å². The van der Waals surface area contributed by atoms with E-state index in [1.165, 1.54) is 28.9 Å². The molecule has 0 saturated carbocycles. The summed E-state index contributed by atoms with van der Waals surface area (Å²) in [5.74, 6) is 5.61. The highest BCUT2D eigenvalue weighted by Gasteiger charge is 2.30. The molecule has 0 aliphatic rings. The Morgan fingerprint density at radius 3 is 2.38 bits per heavy atom. The van der Waals surface area contributed by atoms with Crippen LogP contribution in [-0.4, -0.2) is 21.1 Å². The number of halogens is 3. The number of alkyl halides is 3. The summed E-state index contributed by atoms with van der Waals surface area (Å²) in [5.41, 5.74) is 2.05. The zero-order chi connectivity index (χ0) is 17.0. The lowest BCUT2D eigenvalue weighted by Crippen LogP contribution is -2.17. The van der Waals surface area contributed by atoms with E-state index in [0.29, 0.717) is 11.3 Å². The van der Waals surface area contributed by atoms with Crippen molar-refractivity contribution in [2.24, 2.45) is 0 Å². The number of ether oxygens (including phenoxy) is 1. The number of benzene rings is 1. The van der Waals surface area contributed by atoms with Gasteiger partial charge in [0.05, 0.1) is 17.4 Å². The third-order valence-electron chi connectivity index (χ3n) is 2.93. The minimum Gasteiger partial charge on any atom is -0.406 e. The normalized spacial score (nSPS) is 10.8. The van der Waals surface area contributed by atoms with Crippen molar-refractivity contribution < 1.29 is 17.9 Å². The van der Waals surface area contributed by atoms with Crippen LogP contribution in [0.2, 0.25) is 0 Å². The molecule has 0 N–H and O–H groups in total. The van der Waals surface area contributed by atoms with Gasteiger partial charge < -0.3 is 4.74 Å². The number of pyridine rings is 1. The average Bonchev–Trinajstić information content (AvgIpc) is 3.02. The molecule has 3 rings (SSSR count). The average molecular weight is 329 g/mol. The maximum absolute atomic E-state index is 12.1. The maximum Gasteiger partial charge on any atom is 0.573 e. The highest BCUT2D eigenvalue weighted by atomic mass is 19.4. The molecule has 0 aliphatic heterocycles. The molecule has 120 valence electrons. The molecule has 2 heterocycles. The van der Waals surface area contributed by atoms with E-state index in [9.17, 15) is 13.2 Å². The fraction of sp³-hybridized carbons (Fsp3) is 0.0588. The molecule has 24 heavy (non-hydrogen) atoms. The molecule has 0 fully saturated rings. The van der Waals surface area contributed by atoms with Crippen molar-refractivity contribution in [1.29, 1.82) is 0 Å². The zero-order valence-corrected chi connectivity index (χ0v) is 12.2. The Morgan fingerprint density at radius 2 is 1.71 bits per heavy atom. The topological polar surface area (TPSA) is 39.9 Å². The number of hydrogen-bond donors (Lipinski definition) is 0. The monoisotopic (exact) mass is 329 g/mol. The van der Waals surface area contributed by atoms with Gasteiger partial charge in [-0.25, -0.2) is 4.68 Å². The van der Waals surface area contributed by atoms with Crippen LogP contribution in [0.5, 0.6) is 5.75 Å². The van der Waals surface area contributed by atoms with E-state index in [1.54, 1.807) is 30.9 Å². The van der Waals surface area contributed by atoms with Crippen LogP contribution >= 0.6 is 0 Å². The molecule has 0 amide bonds. The van der Waals surface area contributed by atoms with E-state index in [1.807, 2.05) is 6.07 Å². The van der Waals surface area contributed by atoms with Gasteiger partial charge in [-0.3, -0.25) is 4.98 Å². The highest BCUT2D eigenvalue weighted by Crippen LogP contribution is 2.23. The summed E-state index contributed by atoms with van der Waals surface area (Å²) >= 11 is 0. The van der Waals surface area contributed by atoms with Gasteiger partial charge in [0.1, 0.15) is 5.75 Å². The van der Waals surface area contributed by atoms with Gasteiger partial charge >= 0.3 is 6.36 Å². The van der Waals surface area contributed by atoms with Crippen molar-refractivity contribution >= 4 is 0 Å². The Morgan fingerprint density at radius 1 is 0.958 bits per heavy atom. The number of rotatable bonds is 2. The van der Waals surface area contributed by atoms with Gasteiger partial charge in [0.2, 0.25) is 0 Å². The molecule has 2 aromatic heterocycles. The first-order chi connectivity index (χ1) is 11.5. The van der Waals surface area contributed by atoms with Gasteiger partial charge in [-0.2, -0.15) is 5.10 Å². The van der Waals surface area contributed by atoms with Gasteiger partial charge in [0.25, 0.3) is 0 Å². The lowest BCUT2D eigenvalue weighted by atomic mass is 10.2. The van der Waals surface area contributed by atoms with E-state index < -0.39 is 6.36 Å². The van der Waals surface area contributed by atoms with E-state index in [4.69, 9.17) is 0 Å². The fourth-order valence-corrected chi connectivity index (χ4v) is 1.91. The third kappa shape index (κ3) is 4.14. The molecule has 0 aliphatic carbocycles. The first-order valence-electron chi connectivity index (χ1n) is 6.82. The Labute approximate surface area is 135 Å². The predicted molar refractivity (Wildman–Crippen MR) is 80.5 cm³/mol. The van der Waals surface area contributed by atoms with Gasteiger partial charge in [0.15, 0.2) is 0 Å². The summed E-state index contributed by atoms with van der Waals surface area (Å²) in [7, 11) is 0. The van der Waals surface area contributed by atoms with Crippen molar-refractivity contribution in [2.75, 3.05) is 0 Å². The van der Waals surface area contributed by atoms with E-state index in [0.717, 1.165) is 5.56 Å². The molecule has 0 unspecified atom stereocenters. The molecule has 1 aromatic carbocycles. The lowest BCUT2D eigenvalue weighted by molar-refractivity contribution is -0.274. The van der Waals surface area contributed by atoms with Crippen molar-refractivity contribution in [3.8, 4) is 23.3 Å². The second kappa shape index (κ2) is 6.46. The van der Waals surface area contributed by atoms with Crippen LogP contribution in [0.25, 0.3) is 5.69 Å². The molecule has 3 aromatic rings. The number of hydrogen-bond acceptors (Lipinski definition) is 3. The second-order valence-corrected chi connectivity index (χ2v) is 4.71. The number of aromatic nitrogens is 3. The fourth-order valence-electron chi connectivity index (χ4n) is 1.91. The largest absolute Gasteiger partial charge is 0.573 e. The van der Waals surface area contributed by atoms with Crippen molar-refractivity contribution in [3.63, 3.8) is 0 Å². The van der Waals surface area contributed by atoms with Crippen LogP contribution in [-0.2, 0) is 0 Å². The Hall–Kier alpha value is -3.27. The predicted octanol–water partition coefficient (Wildman–Crippen LogP) is 3.57. The van der Waals surface area contributed by atoms with Crippen molar-refractivity contribution in [3.05, 3.63) is 72.3 Å². The van der Waals surface area contributed by atoms with E-state index in [-0.39, 0.29) is 5.75 Å². The first-order valence-corrected chi connectivity index (χ1v) is 6.82. The first kappa shape index (κ1) is 15.6. The van der Waals surface area contributed by atoms with Crippen molar-refractivity contribution in [1.82, 2.24) is 14.8 Å². The van der Waals surface area contributed by atoms with Crippen LogP contribution in [0.1, 0.15) is 11.1 Å². The quantitative estimate of drug-likeness (QED) is 0.675. The van der Waals surface area contributed by atoms with Crippen LogP contribution in [0.15, 0.2) is 61.2 Å². The van der Waals surface area contributed by atoms with Gasteiger partial charge in [0, 0.05) is 24.2 Å². The Bertz CT molecular complexity index is 875. The van der Waals surface area contributed by atoms with E-state index >= 15 is 0 Å². The smallest absolute Gasteiger partial charge is 0.406 e. The summed E-state index contributed by atoms with van der Waals surface area (Å²) in [4.78, 5) is 3.97. The summed E-state index contributed by atoms with van der Waals surface area (Å²) in [5, 5.41) is 4.14. The summed E-state index contributed by atoms with van der Waals surface area (Å²) in [6.45, 7) is 0.